The minimum Gasteiger partial charge on any atom is -0.340 e. The predicted octanol–water partition coefficient (Wildman–Crippen LogP) is 1.82. The van der Waals surface area contributed by atoms with Crippen LogP contribution in [0.1, 0.15) is 12.5 Å². The van der Waals surface area contributed by atoms with Gasteiger partial charge in [0.15, 0.2) is 11.2 Å². The molecule has 1 aliphatic rings. The lowest BCUT2D eigenvalue weighted by atomic mass is 10.2. The Kier molecular flexibility index (Phi) is 5.53. The van der Waals surface area contributed by atoms with Crippen molar-refractivity contribution in [3.05, 3.63) is 67.8 Å². The molecule has 0 spiro atoms. The van der Waals surface area contributed by atoms with E-state index in [1.54, 1.807) is 7.05 Å². The number of hydrogen-bond acceptors (Lipinski definition) is 5. The second-order valence-electron chi connectivity index (χ2n) is 7.84. The van der Waals surface area contributed by atoms with E-state index in [4.69, 9.17) is 16.6 Å². The Balaban J connectivity index is 1.76. The fourth-order valence-electron chi connectivity index (χ4n) is 3.87. The number of aromatic nitrogens is 4. The summed E-state index contributed by atoms with van der Waals surface area (Å²) in [5, 5.41) is 0.656. The van der Waals surface area contributed by atoms with Crippen molar-refractivity contribution in [1.29, 1.82) is 0 Å². The maximum Gasteiger partial charge on any atom is 0.329 e. The fourth-order valence-corrected chi connectivity index (χ4v) is 4.00. The highest BCUT2D eigenvalue weighted by molar-refractivity contribution is 6.30. The molecule has 3 heterocycles. The number of fused-ring (bicyclic) bond motifs is 1. The molecule has 1 N–H and O–H groups in total. The van der Waals surface area contributed by atoms with E-state index < -0.39 is 11.2 Å². The molecular formula is C21H25ClN6O2. The number of aromatic amines is 1. The van der Waals surface area contributed by atoms with E-state index in [-0.39, 0.29) is 0 Å². The van der Waals surface area contributed by atoms with Gasteiger partial charge in [-0.3, -0.25) is 23.8 Å². The summed E-state index contributed by atoms with van der Waals surface area (Å²) in [6.45, 7) is 10.7. The lowest BCUT2D eigenvalue weighted by Gasteiger charge is -2.35. The lowest BCUT2D eigenvalue weighted by Crippen LogP contribution is -2.47. The van der Waals surface area contributed by atoms with E-state index in [9.17, 15) is 9.59 Å². The van der Waals surface area contributed by atoms with E-state index in [1.807, 2.05) is 35.8 Å². The number of nitrogens with one attached hydrogen (secondary N) is 1. The number of hydrogen-bond donors (Lipinski definition) is 1. The number of aryl methyl sites for hydroxylation is 1. The van der Waals surface area contributed by atoms with Gasteiger partial charge in [-0.2, -0.15) is 4.98 Å². The largest absolute Gasteiger partial charge is 0.340 e. The molecule has 158 valence electrons. The van der Waals surface area contributed by atoms with Crippen molar-refractivity contribution in [2.45, 2.75) is 13.5 Å². The van der Waals surface area contributed by atoms with Gasteiger partial charge in [-0.1, -0.05) is 35.9 Å². The molecule has 1 saturated heterocycles. The van der Waals surface area contributed by atoms with Crippen LogP contribution in [0.25, 0.3) is 11.2 Å². The number of imidazole rings is 1. The Hall–Kier alpha value is -2.84. The number of benzene rings is 1. The molecular weight excluding hydrogens is 404 g/mol. The minimum atomic E-state index is -0.471. The van der Waals surface area contributed by atoms with E-state index in [2.05, 4.69) is 21.4 Å². The van der Waals surface area contributed by atoms with Gasteiger partial charge in [0, 0.05) is 44.8 Å². The van der Waals surface area contributed by atoms with Crippen LogP contribution in [-0.2, 0) is 13.6 Å². The van der Waals surface area contributed by atoms with Gasteiger partial charge in [-0.25, -0.2) is 4.79 Å². The van der Waals surface area contributed by atoms with Crippen molar-refractivity contribution in [3.8, 4) is 0 Å². The Bertz CT molecular complexity index is 1200. The Morgan fingerprint density at radius 1 is 1.17 bits per heavy atom. The van der Waals surface area contributed by atoms with Crippen molar-refractivity contribution in [2.75, 3.05) is 37.6 Å². The second kappa shape index (κ2) is 8.12. The van der Waals surface area contributed by atoms with Gasteiger partial charge in [0.1, 0.15) is 0 Å². The molecule has 0 radical (unpaired) electrons. The van der Waals surface area contributed by atoms with Crippen molar-refractivity contribution < 1.29 is 0 Å². The van der Waals surface area contributed by atoms with E-state index in [0.717, 1.165) is 43.9 Å². The monoisotopic (exact) mass is 428 g/mol. The first-order valence-corrected chi connectivity index (χ1v) is 10.3. The quantitative estimate of drug-likeness (QED) is 0.627. The summed E-state index contributed by atoms with van der Waals surface area (Å²) < 4.78 is 3.28. The first kappa shape index (κ1) is 20.4. The Morgan fingerprint density at radius 3 is 2.47 bits per heavy atom. The zero-order valence-corrected chi connectivity index (χ0v) is 17.9. The van der Waals surface area contributed by atoms with Gasteiger partial charge in [0.2, 0.25) is 5.95 Å². The van der Waals surface area contributed by atoms with Gasteiger partial charge in [0.05, 0.1) is 6.54 Å². The average molecular weight is 429 g/mol. The summed E-state index contributed by atoms with van der Waals surface area (Å²) in [5.74, 6) is 0.696. The molecule has 0 atom stereocenters. The fraction of sp³-hybridized carbons (Fsp3) is 0.381. The summed E-state index contributed by atoms with van der Waals surface area (Å²) in [7, 11) is 1.62. The third kappa shape index (κ3) is 3.93. The third-order valence-electron chi connectivity index (χ3n) is 5.39. The Labute approximate surface area is 179 Å². The number of H-pyrrole nitrogens is 1. The molecule has 1 aromatic carbocycles. The highest BCUT2D eigenvalue weighted by Gasteiger charge is 2.25. The van der Waals surface area contributed by atoms with Crippen molar-refractivity contribution >= 4 is 28.7 Å². The maximum absolute atomic E-state index is 12.7. The van der Waals surface area contributed by atoms with Gasteiger partial charge in [-0.05, 0) is 24.6 Å². The van der Waals surface area contributed by atoms with Crippen LogP contribution < -0.4 is 16.1 Å². The van der Waals surface area contributed by atoms with Crippen LogP contribution in [0.15, 0.2) is 46.0 Å². The average Bonchev–Trinajstić information content (AvgIpc) is 3.08. The van der Waals surface area contributed by atoms with Crippen LogP contribution in [0.2, 0.25) is 5.02 Å². The van der Waals surface area contributed by atoms with Gasteiger partial charge >= 0.3 is 5.69 Å². The molecule has 3 aromatic rings. The van der Waals surface area contributed by atoms with Crippen LogP contribution >= 0.6 is 11.6 Å². The van der Waals surface area contributed by atoms with E-state index in [1.165, 1.54) is 4.57 Å². The van der Waals surface area contributed by atoms with Gasteiger partial charge < -0.3 is 4.90 Å². The first-order chi connectivity index (χ1) is 14.3. The number of rotatable bonds is 5. The highest BCUT2D eigenvalue weighted by atomic mass is 35.5. The first-order valence-electron chi connectivity index (χ1n) is 9.89. The molecule has 0 bridgehead atoms. The smallest absolute Gasteiger partial charge is 0.329 e. The zero-order valence-electron chi connectivity index (χ0n) is 17.2. The van der Waals surface area contributed by atoms with E-state index in [0.29, 0.717) is 28.7 Å². The molecule has 4 rings (SSSR count). The minimum absolute atomic E-state index is 0.386. The summed E-state index contributed by atoms with van der Waals surface area (Å²) in [5.41, 5.74) is 2.01. The van der Waals surface area contributed by atoms with Crippen LogP contribution in [0.5, 0.6) is 0 Å². The van der Waals surface area contributed by atoms with Crippen LogP contribution in [-0.4, -0.2) is 56.7 Å². The number of anilines is 1. The third-order valence-corrected chi connectivity index (χ3v) is 5.64. The lowest BCUT2D eigenvalue weighted by molar-refractivity contribution is 0.276. The number of piperazine rings is 1. The molecule has 0 unspecified atom stereocenters. The van der Waals surface area contributed by atoms with Crippen LogP contribution in [0.4, 0.5) is 5.95 Å². The molecule has 2 aromatic heterocycles. The van der Waals surface area contributed by atoms with E-state index >= 15 is 0 Å². The maximum atomic E-state index is 12.7. The molecule has 9 heteroatoms. The summed E-state index contributed by atoms with van der Waals surface area (Å²) in [4.78, 5) is 36.5. The van der Waals surface area contributed by atoms with Crippen LogP contribution in [0.3, 0.4) is 0 Å². The topological polar surface area (TPSA) is 79.2 Å². The molecule has 0 saturated carbocycles. The highest BCUT2D eigenvalue weighted by Crippen LogP contribution is 2.23. The summed E-state index contributed by atoms with van der Waals surface area (Å²) >= 11 is 6.02. The van der Waals surface area contributed by atoms with Crippen molar-refractivity contribution in [3.63, 3.8) is 0 Å². The normalized spacial score (nSPS) is 15.1. The molecule has 0 amide bonds. The number of nitrogens with zero attached hydrogens (tertiary/aromatic N) is 5. The van der Waals surface area contributed by atoms with Crippen molar-refractivity contribution in [1.82, 2.24) is 24.0 Å². The second-order valence-corrected chi connectivity index (χ2v) is 8.27. The molecule has 8 nitrogen and oxygen atoms in total. The standard InChI is InChI=1S/C21H25ClN6O2/c1-14(2)12-26-8-10-27(11-9-26)20-23-18-17(19(29)24-21(30)25(18)3)28(20)13-15-4-6-16(22)7-5-15/h4-7H,1,8-13H2,2-3H3,(H,24,29,30). The number of halogens is 1. The zero-order chi connectivity index (χ0) is 21.4. The molecule has 0 aliphatic carbocycles. The molecule has 1 fully saturated rings. The summed E-state index contributed by atoms with van der Waals surface area (Å²) in [6, 6.07) is 7.51. The Morgan fingerprint density at radius 2 is 1.83 bits per heavy atom. The molecule has 30 heavy (non-hydrogen) atoms. The van der Waals surface area contributed by atoms with Gasteiger partial charge in [-0.15, -0.1) is 0 Å². The van der Waals surface area contributed by atoms with Crippen LogP contribution in [0, 0.1) is 0 Å². The predicted molar refractivity (Wildman–Crippen MR) is 120 cm³/mol. The summed E-state index contributed by atoms with van der Waals surface area (Å²) in [6.07, 6.45) is 0. The van der Waals surface area contributed by atoms with Gasteiger partial charge in [0.25, 0.3) is 5.56 Å². The van der Waals surface area contributed by atoms with Crippen molar-refractivity contribution in [2.24, 2.45) is 7.05 Å². The SMILES string of the molecule is C=C(C)CN1CCN(c2nc3c(c(=O)[nH]c(=O)n3C)n2Cc2ccc(Cl)cc2)CC1. The molecule has 1 aliphatic heterocycles.